The van der Waals surface area contributed by atoms with E-state index < -0.39 is 23.2 Å². The van der Waals surface area contributed by atoms with E-state index in [0.29, 0.717) is 5.75 Å². The molecule has 2 aromatic carbocycles. The molecule has 0 aromatic heterocycles. The number of fused-ring (bicyclic) bond motifs is 1. The van der Waals surface area contributed by atoms with Gasteiger partial charge >= 0.3 is 0 Å². The number of aryl methyl sites for hydroxylation is 1. The molecule has 2 atom stereocenters. The molecule has 0 saturated carbocycles. The Balaban J connectivity index is 1.49. The Bertz CT molecular complexity index is 947. The number of benzene rings is 2. The second-order valence-electron chi connectivity index (χ2n) is 6.79. The lowest BCUT2D eigenvalue weighted by Gasteiger charge is -2.23. The van der Waals surface area contributed by atoms with Gasteiger partial charge in [0.15, 0.2) is 6.10 Å². The molecule has 1 aliphatic heterocycles. The Morgan fingerprint density at radius 1 is 1.14 bits per heavy atom. The number of carbonyl (C=O) groups excluding carboxylic acids is 3. The van der Waals surface area contributed by atoms with Crippen molar-refractivity contribution in [1.82, 2.24) is 10.9 Å². The van der Waals surface area contributed by atoms with Gasteiger partial charge in [-0.15, -0.1) is 11.8 Å². The molecule has 8 heteroatoms. The quantitative estimate of drug-likeness (QED) is 0.655. The fourth-order valence-electron chi connectivity index (χ4n) is 2.78. The Morgan fingerprint density at radius 3 is 2.69 bits per heavy atom. The molecule has 0 saturated heterocycles. The molecule has 7 nitrogen and oxygen atoms in total. The summed E-state index contributed by atoms with van der Waals surface area (Å²) in [7, 11) is 0. The predicted octanol–water partition coefficient (Wildman–Crippen LogP) is 2.72. The van der Waals surface area contributed by atoms with Crippen molar-refractivity contribution in [3.8, 4) is 5.75 Å². The van der Waals surface area contributed by atoms with Crippen LogP contribution in [0.1, 0.15) is 24.5 Å². The average molecular weight is 413 g/mol. The highest BCUT2D eigenvalue weighted by Crippen LogP contribution is 2.36. The summed E-state index contributed by atoms with van der Waals surface area (Å²) >= 11 is 1.33. The molecule has 2 aromatic rings. The number of thioether (sulfide) groups is 1. The summed E-state index contributed by atoms with van der Waals surface area (Å²) < 4.78 is 5.69. The molecule has 3 rings (SSSR count). The van der Waals surface area contributed by atoms with Crippen LogP contribution in [-0.4, -0.2) is 29.1 Å². The van der Waals surface area contributed by atoms with Crippen LogP contribution < -0.4 is 20.9 Å². The van der Waals surface area contributed by atoms with E-state index in [1.807, 2.05) is 50.2 Å². The molecule has 0 fully saturated rings. The Labute approximate surface area is 173 Å². The number of hydrazine groups is 1. The second-order valence-corrected chi connectivity index (χ2v) is 8.04. The molecule has 0 bridgehead atoms. The smallest absolute Gasteiger partial charge is 0.279 e. The number of amides is 3. The van der Waals surface area contributed by atoms with Crippen LogP contribution in [0, 0.1) is 13.8 Å². The van der Waals surface area contributed by atoms with Crippen LogP contribution >= 0.6 is 11.8 Å². The van der Waals surface area contributed by atoms with Gasteiger partial charge in [-0.05, 0) is 50.1 Å². The van der Waals surface area contributed by atoms with Crippen molar-refractivity contribution in [2.75, 3.05) is 5.32 Å². The van der Waals surface area contributed by atoms with Crippen molar-refractivity contribution in [2.24, 2.45) is 0 Å². The highest BCUT2D eigenvalue weighted by Gasteiger charge is 2.29. The summed E-state index contributed by atoms with van der Waals surface area (Å²) in [6.45, 7) is 5.48. The maximum absolute atomic E-state index is 12.2. The van der Waals surface area contributed by atoms with Crippen LogP contribution in [0.2, 0.25) is 0 Å². The van der Waals surface area contributed by atoms with E-state index in [4.69, 9.17) is 4.74 Å². The third-order valence-electron chi connectivity index (χ3n) is 4.63. The van der Waals surface area contributed by atoms with Crippen LogP contribution in [0.3, 0.4) is 0 Å². The molecule has 0 radical (unpaired) electrons. The minimum atomic E-state index is -0.796. The minimum absolute atomic E-state index is 0.0582. The topological polar surface area (TPSA) is 96.5 Å². The van der Waals surface area contributed by atoms with Crippen LogP contribution in [0.5, 0.6) is 5.75 Å². The number of carbonyl (C=O) groups is 3. The summed E-state index contributed by atoms with van der Waals surface area (Å²) in [5.74, 6) is -0.551. The highest BCUT2D eigenvalue weighted by atomic mass is 32.2. The molecule has 1 aliphatic rings. The lowest BCUT2D eigenvalue weighted by atomic mass is 10.1. The van der Waals surface area contributed by atoms with E-state index in [9.17, 15) is 14.4 Å². The van der Waals surface area contributed by atoms with Crippen molar-refractivity contribution in [1.29, 1.82) is 0 Å². The van der Waals surface area contributed by atoms with Crippen LogP contribution in [0.4, 0.5) is 5.69 Å². The Kier molecular flexibility index (Phi) is 6.43. The summed E-state index contributed by atoms with van der Waals surface area (Å²) in [4.78, 5) is 37.5. The lowest BCUT2D eigenvalue weighted by Crippen LogP contribution is -2.48. The van der Waals surface area contributed by atoms with Crippen molar-refractivity contribution in [3.63, 3.8) is 0 Å². The van der Waals surface area contributed by atoms with Crippen LogP contribution in [-0.2, 0) is 14.4 Å². The van der Waals surface area contributed by atoms with E-state index in [-0.39, 0.29) is 12.3 Å². The first-order valence-corrected chi connectivity index (χ1v) is 10.1. The van der Waals surface area contributed by atoms with Gasteiger partial charge in [0.2, 0.25) is 11.8 Å². The molecule has 0 spiro atoms. The number of rotatable bonds is 5. The predicted molar refractivity (Wildman–Crippen MR) is 112 cm³/mol. The van der Waals surface area contributed by atoms with Crippen molar-refractivity contribution in [3.05, 3.63) is 53.6 Å². The maximum atomic E-state index is 12.2. The average Bonchev–Trinajstić information content (AvgIpc) is 2.70. The second kappa shape index (κ2) is 9.00. The first kappa shape index (κ1) is 20.7. The number of hydrogen-bond acceptors (Lipinski definition) is 5. The summed E-state index contributed by atoms with van der Waals surface area (Å²) in [6.07, 6.45) is -0.854. The maximum Gasteiger partial charge on any atom is 0.279 e. The number of para-hydroxylation sites is 1. The number of ether oxygens (including phenoxy) is 1. The summed E-state index contributed by atoms with van der Waals surface area (Å²) in [5, 5.41) is 2.22. The van der Waals surface area contributed by atoms with Crippen molar-refractivity contribution >= 4 is 35.2 Å². The standard InChI is InChI=1S/C21H23N3O4S/c1-12-7-6-9-16(13(12)2)28-14(3)20(26)24-23-19(25)11-18-21(27)22-15-8-4-5-10-17(15)29-18/h4-10,14,18H,11H2,1-3H3,(H,22,27)(H,23,25)(H,24,26)/t14-,18+/m0/s1. The van der Waals surface area contributed by atoms with E-state index in [0.717, 1.165) is 21.7 Å². The van der Waals surface area contributed by atoms with E-state index in [1.165, 1.54) is 11.8 Å². The molecule has 3 amide bonds. The summed E-state index contributed by atoms with van der Waals surface area (Å²) in [5.41, 5.74) is 7.47. The molecular formula is C21H23N3O4S. The van der Waals surface area contributed by atoms with Gasteiger partial charge in [-0.3, -0.25) is 25.2 Å². The first-order valence-electron chi connectivity index (χ1n) is 9.23. The van der Waals surface area contributed by atoms with E-state index >= 15 is 0 Å². The van der Waals surface area contributed by atoms with Crippen LogP contribution in [0.25, 0.3) is 0 Å². The normalized spacial score (nSPS) is 16.2. The zero-order chi connectivity index (χ0) is 21.0. The molecule has 1 heterocycles. The van der Waals surface area contributed by atoms with Gasteiger partial charge in [0.25, 0.3) is 5.91 Å². The van der Waals surface area contributed by atoms with Gasteiger partial charge in [-0.2, -0.15) is 0 Å². The van der Waals surface area contributed by atoms with Gasteiger partial charge in [0.1, 0.15) is 5.75 Å². The zero-order valence-electron chi connectivity index (χ0n) is 16.4. The SMILES string of the molecule is Cc1cccc(O[C@@H](C)C(=O)NNC(=O)C[C@H]2Sc3ccccc3NC2=O)c1C. The Hall–Kier alpha value is -3.00. The molecule has 0 unspecified atom stereocenters. The fourth-order valence-corrected chi connectivity index (χ4v) is 3.89. The van der Waals surface area contributed by atoms with Gasteiger partial charge in [-0.25, -0.2) is 0 Å². The van der Waals surface area contributed by atoms with Gasteiger partial charge < -0.3 is 10.1 Å². The summed E-state index contributed by atoms with van der Waals surface area (Å²) in [6, 6.07) is 13.0. The molecule has 152 valence electrons. The Morgan fingerprint density at radius 2 is 1.90 bits per heavy atom. The molecule has 3 N–H and O–H groups in total. The third kappa shape index (κ3) is 5.08. The molecule has 29 heavy (non-hydrogen) atoms. The van der Waals surface area contributed by atoms with E-state index in [2.05, 4.69) is 16.2 Å². The minimum Gasteiger partial charge on any atom is -0.481 e. The van der Waals surface area contributed by atoms with Gasteiger partial charge in [-0.1, -0.05) is 24.3 Å². The zero-order valence-corrected chi connectivity index (χ0v) is 17.3. The van der Waals surface area contributed by atoms with E-state index in [1.54, 1.807) is 13.0 Å². The fraction of sp³-hybridized carbons (Fsp3) is 0.286. The number of nitrogens with one attached hydrogen (secondary N) is 3. The van der Waals surface area contributed by atoms with Crippen molar-refractivity contribution in [2.45, 2.75) is 43.4 Å². The molecular weight excluding hydrogens is 390 g/mol. The third-order valence-corrected chi connectivity index (χ3v) is 5.91. The monoisotopic (exact) mass is 413 g/mol. The highest BCUT2D eigenvalue weighted by molar-refractivity contribution is 8.01. The number of hydrogen-bond donors (Lipinski definition) is 3. The van der Waals surface area contributed by atoms with Crippen LogP contribution in [0.15, 0.2) is 47.4 Å². The molecule has 0 aliphatic carbocycles. The number of anilines is 1. The van der Waals surface area contributed by atoms with Gasteiger partial charge in [0, 0.05) is 11.3 Å². The van der Waals surface area contributed by atoms with Crippen molar-refractivity contribution < 1.29 is 19.1 Å². The largest absolute Gasteiger partial charge is 0.481 e. The first-order chi connectivity index (χ1) is 13.8. The lowest BCUT2D eigenvalue weighted by molar-refractivity contribution is -0.133. The van der Waals surface area contributed by atoms with Gasteiger partial charge in [0.05, 0.1) is 10.9 Å².